The van der Waals surface area contributed by atoms with Crippen molar-refractivity contribution in [3.63, 3.8) is 0 Å². The lowest BCUT2D eigenvalue weighted by Gasteiger charge is -2.22. The molecule has 0 aliphatic heterocycles. The molecule has 2 aromatic carbocycles. The van der Waals surface area contributed by atoms with Crippen molar-refractivity contribution in [2.75, 3.05) is 6.61 Å². The van der Waals surface area contributed by atoms with Gasteiger partial charge in [0.25, 0.3) is 0 Å². The number of rotatable bonds is 6. The molecule has 0 fully saturated rings. The Balaban J connectivity index is 2.21. The molecule has 3 N–H and O–H groups in total. The molecule has 2 atom stereocenters. The number of nitrogens with one attached hydrogen (secondary N) is 1. The summed E-state index contributed by atoms with van der Waals surface area (Å²) in [6.45, 7) is -0.166. The van der Waals surface area contributed by atoms with E-state index in [1.807, 2.05) is 36.4 Å². The lowest BCUT2D eigenvalue weighted by atomic mass is 10.0. The summed E-state index contributed by atoms with van der Waals surface area (Å²) < 4.78 is 0. The highest BCUT2D eigenvalue weighted by molar-refractivity contribution is 5.75. The van der Waals surface area contributed by atoms with Crippen LogP contribution < -0.4 is 5.32 Å². The van der Waals surface area contributed by atoms with E-state index >= 15 is 0 Å². The summed E-state index contributed by atoms with van der Waals surface area (Å²) in [6.07, 6.45) is 0. The van der Waals surface area contributed by atoms with E-state index in [0.717, 1.165) is 5.56 Å². The number of carboxylic acid groups (broad SMARTS) is 1. The van der Waals surface area contributed by atoms with Crippen LogP contribution in [0.2, 0.25) is 0 Å². The zero-order valence-corrected chi connectivity index (χ0v) is 10.9. The third-order valence-electron chi connectivity index (χ3n) is 3.13. The van der Waals surface area contributed by atoms with Crippen molar-refractivity contribution in [2.24, 2.45) is 0 Å². The molecule has 2 aromatic rings. The van der Waals surface area contributed by atoms with Crippen LogP contribution in [0.1, 0.15) is 23.2 Å². The second-order valence-electron chi connectivity index (χ2n) is 4.49. The molecule has 0 radical (unpaired) electrons. The Morgan fingerprint density at radius 2 is 1.45 bits per heavy atom. The van der Waals surface area contributed by atoms with Gasteiger partial charge in [-0.2, -0.15) is 0 Å². The SMILES string of the molecule is O=C(O)C(NC(CO)c1ccccc1)c1ccccc1. The summed E-state index contributed by atoms with van der Waals surface area (Å²) in [5, 5.41) is 21.9. The lowest BCUT2D eigenvalue weighted by molar-refractivity contribution is -0.140. The third-order valence-corrected chi connectivity index (χ3v) is 3.13. The van der Waals surface area contributed by atoms with Gasteiger partial charge in [-0.15, -0.1) is 0 Å². The van der Waals surface area contributed by atoms with Gasteiger partial charge in [-0.25, -0.2) is 0 Å². The standard InChI is InChI=1S/C16H17NO3/c18-11-14(12-7-3-1-4-8-12)17-15(16(19)20)13-9-5-2-6-10-13/h1-10,14-15,17-18H,11H2,(H,19,20). The van der Waals surface area contributed by atoms with Gasteiger partial charge in [-0.3, -0.25) is 10.1 Å². The fourth-order valence-electron chi connectivity index (χ4n) is 2.10. The molecule has 0 spiro atoms. The molecule has 104 valence electrons. The normalized spacial score (nSPS) is 13.7. The molecule has 0 heterocycles. The first-order chi connectivity index (χ1) is 9.72. The largest absolute Gasteiger partial charge is 0.480 e. The first-order valence-electron chi connectivity index (χ1n) is 6.42. The molecule has 0 aromatic heterocycles. The lowest BCUT2D eigenvalue weighted by Crippen LogP contribution is -2.33. The van der Waals surface area contributed by atoms with Crippen LogP contribution >= 0.6 is 0 Å². The molecule has 0 bridgehead atoms. The van der Waals surface area contributed by atoms with Crippen LogP contribution in [0.5, 0.6) is 0 Å². The van der Waals surface area contributed by atoms with Crippen LogP contribution in [0.4, 0.5) is 0 Å². The number of aliphatic hydroxyl groups is 1. The van der Waals surface area contributed by atoms with E-state index in [9.17, 15) is 15.0 Å². The second kappa shape index (κ2) is 6.84. The molecule has 4 heteroatoms. The number of carboxylic acids is 1. The van der Waals surface area contributed by atoms with Crippen LogP contribution in [-0.2, 0) is 4.79 Å². The molecule has 0 amide bonds. The predicted molar refractivity (Wildman–Crippen MR) is 76.2 cm³/mol. The Hall–Kier alpha value is -2.17. The summed E-state index contributed by atoms with van der Waals surface area (Å²) >= 11 is 0. The second-order valence-corrected chi connectivity index (χ2v) is 4.49. The van der Waals surface area contributed by atoms with E-state index in [2.05, 4.69) is 5.32 Å². The molecule has 0 saturated carbocycles. The minimum atomic E-state index is -0.967. The minimum Gasteiger partial charge on any atom is -0.480 e. The zero-order valence-electron chi connectivity index (χ0n) is 10.9. The summed E-state index contributed by atoms with van der Waals surface area (Å²) in [5.41, 5.74) is 1.52. The fourth-order valence-corrected chi connectivity index (χ4v) is 2.10. The van der Waals surface area contributed by atoms with E-state index in [4.69, 9.17) is 0 Å². The highest BCUT2D eigenvalue weighted by Gasteiger charge is 2.23. The number of aliphatic hydroxyl groups excluding tert-OH is 1. The summed E-state index contributed by atoms with van der Waals surface area (Å²) in [7, 11) is 0. The maximum Gasteiger partial charge on any atom is 0.325 e. The minimum absolute atomic E-state index is 0.166. The molecule has 2 rings (SSSR count). The number of hydrogen-bond acceptors (Lipinski definition) is 3. The van der Waals surface area contributed by atoms with Crippen LogP contribution in [0.15, 0.2) is 60.7 Å². The van der Waals surface area contributed by atoms with Crippen molar-refractivity contribution in [2.45, 2.75) is 12.1 Å². The molecule has 20 heavy (non-hydrogen) atoms. The highest BCUT2D eigenvalue weighted by atomic mass is 16.4. The average molecular weight is 271 g/mol. The van der Waals surface area contributed by atoms with Crippen LogP contribution in [0, 0.1) is 0 Å². The first-order valence-corrected chi connectivity index (χ1v) is 6.42. The summed E-state index contributed by atoms with van der Waals surface area (Å²) in [4.78, 5) is 11.4. The van der Waals surface area contributed by atoms with E-state index in [1.54, 1.807) is 24.3 Å². The summed E-state index contributed by atoms with van der Waals surface area (Å²) in [5.74, 6) is -0.967. The summed E-state index contributed by atoms with van der Waals surface area (Å²) in [6, 6.07) is 17.0. The Morgan fingerprint density at radius 1 is 0.950 bits per heavy atom. The predicted octanol–water partition coefficient (Wildman–Crippen LogP) is 2.14. The fraction of sp³-hybridized carbons (Fsp3) is 0.188. The Bertz CT molecular complexity index is 542. The van der Waals surface area contributed by atoms with Gasteiger partial charge in [0.1, 0.15) is 6.04 Å². The van der Waals surface area contributed by atoms with Crippen molar-refractivity contribution in [1.29, 1.82) is 0 Å². The van der Waals surface area contributed by atoms with Gasteiger partial charge in [0.15, 0.2) is 0 Å². The Kier molecular flexibility index (Phi) is 4.87. The van der Waals surface area contributed by atoms with Crippen molar-refractivity contribution >= 4 is 5.97 Å². The van der Waals surface area contributed by atoms with Crippen LogP contribution in [0.25, 0.3) is 0 Å². The van der Waals surface area contributed by atoms with Gasteiger partial charge in [0, 0.05) is 0 Å². The van der Waals surface area contributed by atoms with E-state index < -0.39 is 18.1 Å². The monoisotopic (exact) mass is 271 g/mol. The van der Waals surface area contributed by atoms with Crippen molar-refractivity contribution in [1.82, 2.24) is 5.32 Å². The molecular formula is C16H17NO3. The maximum absolute atomic E-state index is 11.4. The van der Waals surface area contributed by atoms with E-state index in [1.165, 1.54) is 0 Å². The number of carbonyl (C=O) groups is 1. The number of benzene rings is 2. The molecular weight excluding hydrogens is 254 g/mol. The van der Waals surface area contributed by atoms with Crippen LogP contribution in [-0.4, -0.2) is 22.8 Å². The Labute approximate surface area is 117 Å². The third kappa shape index (κ3) is 3.44. The van der Waals surface area contributed by atoms with E-state index in [-0.39, 0.29) is 6.61 Å². The van der Waals surface area contributed by atoms with E-state index in [0.29, 0.717) is 5.56 Å². The number of aliphatic carboxylic acids is 1. The van der Waals surface area contributed by atoms with Crippen LogP contribution in [0.3, 0.4) is 0 Å². The molecule has 0 saturated heterocycles. The Morgan fingerprint density at radius 3 is 1.90 bits per heavy atom. The van der Waals surface area contributed by atoms with Gasteiger partial charge in [-0.1, -0.05) is 60.7 Å². The maximum atomic E-state index is 11.4. The van der Waals surface area contributed by atoms with Gasteiger partial charge in [-0.05, 0) is 11.1 Å². The highest BCUT2D eigenvalue weighted by Crippen LogP contribution is 2.19. The topological polar surface area (TPSA) is 69.6 Å². The van der Waals surface area contributed by atoms with Crippen molar-refractivity contribution < 1.29 is 15.0 Å². The van der Waals surface area contributed by atoms with Gasteiger partial charge < -0.3 is 10.2 Å². The van der Waals surface area contributed by atoms with Gasteiger partial charge in [0.2, 0.25) is 0 Å². The smallest absolute Gasteiger partial charge is 0.325 e. The van der Waals surface area contributed by atoms with Gasteiger partial charge >= 0.3 is 5.97 Å². The van der Waals surface area contributed by atoms with Crippen molar-refractivity contribution in [3.05, 3.63) is 71.8 Å². The molecule has 2 unspecified atom stereocenters. The first kappa shape index (κ1) is 14.2. The molecule has 4 nitrogen and oxygen atoms in total. The quantitative estimate of drug-likeness (QED) is 0.753. The zero-order chi connectivity index (χ0) is 14.4. The number of hydrogen-bond donors (Lipinski definition) is 3. The van der Waals surface area contributed by atoms with Crippen molar-refractivity contribution in [3.8, 4) is 0 Å². The average Bonchev–Trinajstić information content (AvgIpc) is 2.50. The molecule has 0 aliphatic rings. The van der Waals surface area contributed by atoms with Gasteiger partial charge in [0.05, 0.1) is 12.6 Å². The molecule has 0 aliphatic carbocycles.